The van der Waals surface area contributed by atoms with Crippen LogP contribution in [-0.2, 0) is 0 Å². The average Bonchev–Trinajstić information content (AvgIpc) is 2.45. The largest absolute Gasteiger partial charge is 0.308 e. The monoisotopic (exact) mass is 290 g/mol. The Balaban J connectivity index is 2.56. The summed E-state index contributed by atoms with van der Waals surface area (Å²) in [7, 11) is 0. The van der Waals surface area contributed by atoms with Crippen molar-refractivity contribution in [2.45, 2.75) is 6.92 Å². The molecule has 0 radical (unpaired) electrons. The van der Waals surface area contributed by atoms with Crippen LogP contribution in [0.2, 0.25) is 5.02 Å². The predicted molar refractivity (Wildman–Crippen MR) is 81.1 cm³/mol. The maximum absolute atomic E-state index is 6.12. The van der Waals surface area contributed by atoms with Gasteiger partial charge in [0.25, 0.3) is 0 Å². The van der Waals surface area contributed by atoms with Gasteiger partial charge >= 0.3 is 0 Å². The van der Waals surface area contributed by atoms with Crippen LogP contribution in [0.5, 0.6) is 0 Å². The minimum atomic E-state index is 0.627. The quantitative estimate of drug-likeness (QED) is 0.736. The highest BCUT2D eigenvalue weighted by Gasteiger charge is 2.11. The second kappa shape index (κ2) is 6.44. The van der Waals surface area contributed by atoms with Gasteiger partial charge in [-0.3, -0.25) is 4.98 Å². The van der Waals surface area contributed by atoms with Crippen LogP contribution in [0, 0.1) is 6.92 Å². The lowest BCUT2D eigenvalue weighted by molar-refractivity contribution is 1.19. The van der Waals surface area contributed by atoms with E-state index in [0.717, 1.165) is 16.9 Å². The van der Waals surface area contributed by atoms with Crippen molar-refractivity contribution in [1.82, 2.24) is 4.98 Å². The van der Waals surface area contributed by atoms with Gasteiger partial charge in [-0.1, -0.05) is 47.1 Å². The number of hydrogen-bond acceptors (Lipinski definition) is 2. The molecule has 0 fully saturated rings. The molecule has 0 amide bonds. The van der Waals surface area contributed by atoms with Gasteiger partial charge in [-0.15, -0.1) is 0 Å². The molecule has 0 N–H and O–H groups in total. The third kappa shape index (κ3) is 3.18. The number of aromatic nitrogens is 1. The average molecular weight is 291 g/mol. The number of pyridine rings is 1. The zero-order chi connectivity index (χ0) is 13.7. The molecular formula is C15H12Cl2N2. The van der Waals surface area contributed by atoms with Gasteiger partial charge in [0.2, 0.25) is 0 Å². The fraction of sp³-hybridized carbons (Fsp3) is 0.0667. The topological polar surface area (TPSA) is 16.1 Å². The molecular weight excluding hydrogens is 279 g/mol. The Kier molecular flexibility index (Phi) is 4.64. The molecule has 0 aliphatic heterocycles. The Labute approximate surface area is 122 Å². The molecule has 4 heteroatoms. The molecule has 0 spiro atoms. The van der Waals surface area contributed by atoms with Crippen LogP contribution in [0.25, 0.3) is 0 Å². The van der Waals surface area contributed by atoms with E-state index in [1.807, 2.05) is 42.2 Å². The van der Waals surface area contributed by atoms with E-state index >= 15 is 0 Å². The highest BCUT2D eigenvalue weighted by atomic mass is 35.5. The first kappa shape index (κ1) is 13.7. The van der Waals surface area contributed by atoms with Crippen molar-refractivity contribution in [3.8, 4) is 0 Å². The number of benzene rings is 1. The zero-order valence-corrected chi connectivity index (χ0v) is 11.9. The standard InChI is InChI=1S/C15H12Cl2N2/c1-12-14(17)10-18-11-15(12)19(9-5-8-16)13-6-3-2-4-7-13/h2-4,6-11H,1H3. The molecule has 1 aromatic carbocycles. The summed E-state index contributed by atoms with van der Waals surface area (Å²) in [4.78, 5) is 6.07. The smallest absolute Gasteiger partial charge is 0.0689 e. The summed E-state index contributed by atoms with van der Waals surface area (Å²) >= 11 is 11.7. The highest BCUT2D eigenvalue weighted by molar-refractivity contribution is 6.31. The Morgan fingerprint density at radius 3 is 2.63 bits per heavy atom. The predicted octanol–water partition coefficient (Wildman–Crippen LogP) is 5.05. The first-order chi connectivity index (χ1) is 9.24. The van der Waals surface area contributed by atoms with E-state index in [1.54, 1.807) is 18.6 Å². The van der Waals surface area contributed by atoms with Crippen LogP contribution in [0.15, 0.2) is 60.2 Å². The molecule has 0 aliphatic carbocycles. The number of para-hydroxylation sites is 1. The normalized spacial score (nSPS) is 9.63. The van der Waals surface area contributed by atoms with Crippen LogP contribution in [-0.4, -0.2) is 4.98 Å². The van der Waals surface area contributed by atoms with E-state index in [0.29, 0.717) is 5.02 Å². The van der Waals surface area contributed by atoms with Crippen molar-refractivity contribution >= 4 is 34.6 Å². The lowest BCUT2D eigenvalue weighted by Gasteiger charge is -2.21. The number of hydrogen-bond donors (Lipinski definition) is 0. The van der Waals surface area contributed by atoms with Crippen molar-refractivity contribution in [2.24, 2.45) is 0 Å². The first-order valence-corrected chi connectivity index (χ1v) is 6.51. The van der Waals surface area contributed by atoms with Crippen LogP contribution in [0.3, 0.4) is 0 Å². The van der Waals surface area contributed by atoms with Gasteiger partial charge in [-0.05, 0) is 24.6 Å². The van der Waals surface area contributed by atoms with Crippen molar-refractivity contribution in [2.75, 3.05) is 4.90 Å². The molecule has 0 saturated carbocycles. The zero-order valence-electron chi connectivity index (χ0n) is 10.3. The summed E-state index contributed by atoms with van der Waals surface area (Å²) in [5, 5.41) is 0.627. The van der Waals surface area contributed by atoms with Crippen molar-refractivity contribution in [3.05, 3.63) is 70.8 Å². The molecule has 19 heavy (non-hydrogen) atoms. The molecule has 2 aromatic rings. The summed E-state index contributed by atoms with van der Waals surface area (Å²) in [6.07, 6.45) is 5.15. The van der Waals surface area contributed by atoms with Crippen LogP contribution < -0.4 is 4.90 Å². The molecule has 1 aromatic heterocycles. The maximum Gasteiger partial charge on any atom is 0.0689 e. The fourth-order valence-corrected chi connectivity index (χ4v) is 1.92. The molecule has 2 nitrogen and oxygen atoms in total. The summed E-state index contributed by atoms with van der Waals surface area (Å²) in [6, 6.07) is 9.88. The number of anilines is 2. The molecule has 0 aliphatic rings. The minimum Gasteiger partial charge on any atom is -0.308 e. The van der Waals surface area contributed by atoms with Crippen LogP contribution in [0.1, 0.15) is 5.56 Å². The third-order valence-electron chi connectivity index (χ3n) is 2.69. The van der Waals surface area contributed by atoms with E-state index in [9.17, 15) is 0 Å². The molecule has 1 heterocycles. The Morgan fingerprint density at radius 1 is 1.21 bits per heavy atom. The van der Waals surface area contributed by atoms with E-state index in [1.165, 1.54) is 5.54 Å². The highest BCUT2D eigenvalue weighted by Crippen LogP contribution is 2.31. The summed E-state index contributed by atoms with van der Waals surface area (Å²) in [5.41, 5.74) is 7.03. The van der Waals surface area contributed by atoms with Gasteiger partial charge in [0.1, 0.15) is 0 Å². The third-order valence-corrected chi connectivity index (χ3v) is 3.19. The fourth-order valence-electron chi connectivity index (χ4n) is 1.71. The molecule has 96 valence electrons. The SMILES string of the molecule is Cc1c(Cl)cncc1N(C=C=CCl)c1ccccc1. The number of nitrogens with zero attached hydrogens (tertiary/aromatic N) is 2. The lowest BCUT2D eigenvalue weighted by Crippen LogP contribution is -2.09. The van der Waals surface area contributed by atoms with Crippen LogP contribution in [0.4, 0.5) is 11.4 Å². The summed E-state index contributed by atoms with van der Waals surface area (Å²) in [5.74, 6) is 0. The molecule has 0 unspecified atom stereocenters. The van der Waals surface area contributed by atoms with Gasteiger partial charge in [-0.25, -0.2) is 0 Å². The summed E-state index contributed by atoms with van der Waals surface area (Å²) < 4.78 is 0. The molecule has 0 saturated heterocycles. The Morgan fingerprint density at radius 2 is 1.95 bits per heavy atom. The molecule has 0 bridgehead atoms. The van der Waals surface area contributed by atoms with Gasteiger partial charge < -0.3 is 4.90 Å². The van der Waals surface area contributed by atoms with E-state index in [4.69, 9.17) is 23.2 Å². The Hall–Kier alpha value is -1.73. The number of halogens is 2. The summed E-state index contributed by atoms with van der Waals surface area (Å²) in [6.45, 7) is 1.95. The van der Waals surface area contributed by atoms with Crippen molar-refractivity contribution < 1.29 is 0 Å². The van der Waals surface area contributed by atoms with Gasteiger partial charge in [0, 0.05) is 17.4 Å². The Bertz CT molecular complexity index is 617. The first-order valence-electron chi connectivity index (χ1n) is 5.69. The van der Waals surface area contributed by atoms with E-state index in [-0.39, 0.29) is 0 Å². The van der Waals surface area contributed by atoms with Gasteiger partial charge in [-0.2, -0.15) is 0 Å². The van der Waals surface area contributed by atoms with E-state index in [2.05, 4.69) is 10.7 Å². The second-order valence-electron chi connectivity index (χ2n) is 3.88. The molecule has 0 atom stereocenters. The molecule has 2 rings (SSSR count). The van der Waals surface area contributed by atoms with Gasteiger partial charge in [0.15, 0.2) is 0 Å². The maximum atomic E-state index is 6.12. The van der Waals surface area contributed by atoms with Crippen molar-refractivity contribution in [1.29, 1.82) is 0 Å². The minimum absolute atomic E-state index is 0.627. The lowest BCUT2D eigenvalue weighted by atomic mass is 10.2. The van der Waals surface area contributed by atoms with E-state index < -0.39 is 0 Å². The van der Waals surface area contributed by atoms with Gasteiger partial charge in [0.05, 0.1) is 23.1 Å². The second-order valence-corrected chi connectivity index (χ2v) is 4.50. The van der Waals surface area contributed by atoms with Crippen molar-refractivity contribution in [3.63, 3.8) is 0 Å². The van der Waals surface area contributed by atoms with Crippen LogP contribution >= 0.6 is 23.2 Å². The number of rotatable bonds is 3.